The van der Waals surface area contributed by atoms with Gasteiger partial charge in [0.05, 0.1) is 25.4 Å². The van der Waals surface area contributed by atoms with E-state index < -0.39 is 49.5 Å². The van der Waals surface area contributed by atoms with Crippen LogP contribution in [0.3, 0.4) is 0 Å². The SMILES string of the molecule is CCCCCCCCCCCCC/C=C/C(O)C(COC1OC(CO)C(O)C(O)C1O)NC(=O)CCCCCCCCCCCCCCCCCCCCCCCCC. The summed E-state index contributed by atoms with van der Waals surface area (Å²) in [5, 5.41) is 54.3. The molecule has 1 heterocycles. The summed E-state index contributed by atoms with van der Waals surface area (Å²) in [6.45, 7) is 3.79. The van der Waals surface area contributed by atoms with Crippen molar-refractivity contribution in [2.45, 2.75) is 288 Å². The predicted octanol–water partition coefficient (Wildman–Crippen LogP) is 11.3. The zero-order valence-corrected chi connectivity index (χ0v) is 38.5. The topological polar surface area (TPSA) is 149 Å². The van der Waals surface area contributed by atoms with E-state index in [1.54, 1.807) is 6.08 Å². The first kappa shape index (κ1) is 55.9. The monoisotopic (exact) mass is 840 g/mol. The first-order chi connectivity index (χ1) is 28.8. The molecule has 6 N–H and O–H groups in total. The van der Waals surface area contributed by atoms with Crippen LogP contribution in [0.2, 0.25) is 0 Å². The lowest BCUT2D eigenvalue weighted by molar-refractivity contribution is -0.302. The van der Waals surface area contributed by atoms with E-state index in [0.29, 0.717) is 6.42 Å². The molecule has 0 radical (unpaired) electrons. The number of hydrogen-bond acceptors (Lipinski definition) is 8. The number of aliphatic hydroxyl groups is 5. The van der Waals surface area contributed by atoms with Gasteiger partial charge in [-0.25, -0.2) is 0 Å². The molecule has 7 unspecified atom stereocenters. The molecule has 0 aromatic heterocycles. The van der Waals surface area contributed by atoms with Gasteiger partial charge in [-0.1, -0.05) is 231 Å². The highest BCUT2D eigenvalue weighted by Gasteiger charge is 2.44. The summed E-state index contributed by atoms with van der Waals surface area (Å²) in [7, 11) is 0. The Bertz CT molecular complexity index is 935. The highest BCUT2D eigenvalue weighted by molar-refractivity contribution is 5.76. The van der Waals surface area contributed by atoms with Crippen LogP contribution in [0.1, 0.15) is 245 Å². The van der Waals surface area contributed by atoms with Crippen LogP contribution in [0.25, 0.3) is 0 Å². The fourth-order valence-corrected chi connectivity index (χ4v) is 8.28. The molecule has 1 fully saturated rings. The number of ether oxygens (including phenoxy) is 2. The lowest BCUT2D eigenvalue weighted by Crippen LogP contribution is -2.60. The molecule has 9 heteroatoms. The molecule has 1 rings (SSSR count). The summed E-state index contributed by atoms with van der Waals surface area (Å²) in [6, 6.07) is -0.798. The molecule has 9 nitrogen and oxygen atoms in total. The van der Waals surface area contributed by atoms with Crippen LogP contribution in [0.5, 0.6) is 0 Å². The minimum atomic E-state index is -1.56. The fourth-order valence-electron chi connectivity index (χ4n) is 8.28. The highest BCUT2D eigenvalue weighted by atomic mass is 16.7. The molecule has 1 saturated heterocycles. The van der Waals surface area contributed by atoms with Gasteiger partial charge in [-0.2, -0.15) is 0 Å². The zero-order valence-electron chi connectivity index (χ0n) is 38.5. The van der Waals surface area contributed by atoms with Gasteiger partial charge in [0, 0.05) is 6.42 Å². The summed E-state index contributed by atoms with van der Waals surface area (Å²) in [5.41, 5.74) is 0. The van der Waals surface area contributed by atoms with E-state index in [4.69, 9.17) is 9.47 Å². The Morgan fingerprint density at radius 3 is 1.32 bits per heavy atom. The second-order valence-electron chi connectivity index (χ2n) is 18.0. The third-order valence-corrected chi connectivity index (χ3v) is 12.4. The van der Waals surface area contributed by atoms with Gasteiger partial charge in [0.15, 0.2) is 6.29 Å². The number of amides is 1. The van der Waals surface area contributed by atoms with Crippen LogP contribution in [0.15, 0.2) is 12.2 Å². The van der Waals surface area contributed by atoms with Gasteiger partial charge in [-0.15, -0.1) is 0 Å². The fraction of sp³-hybridized carbons (Fsp3) is 0.940. The van der Waals surface area contributed by atoms with E-state index in [2.05, 4.69) is 19.2 Å². The van der Waals surface area contributed by atoms with E-state index >= 15 is 0 Å². The standard InChI is InChI=1S/C50H97NO8/c1-3-5-7-9-11-13-15-17-18-19-20-21-22-23-24-25-26-28-30-32-34-36-38-40-46(54)51-43(42-58-50-49(57)48(56)47(55)45(41-52)59-50)44(53)39-37-35-33-31-29-27-16-14-12-10-8-6-4-2/h37,39,43-45,47-50,52-53,55-57H,3-36,38,40-42H2,1-2H3,(H,51,54)/b39-37+. The number of hydrogen-bond donors (Lipinski definition) is 6. The smallest absolute Gasteiger partial charge is 0.220 e. The number of unbranched alkanes of at least 4 members (excludes halogenated alkanes) is 33. The minimum Gasteiger partial charge on any atom is -0.394 e. The van der Waals surface area contributed by atoms with Gasteiger partial charge in [0.25, 0.3) is 0 Å². The Balaban J connectivity index is 2.24. The average Bonchev–Trinajstić information content (AvgIpc) is 3.23. The van der Waals surface area contributed by atoms with Crippen LogP contribution in [0.4, 0.5) is 0 Å². The molecule has 7 atom stereocenters. The Labute approximate surface area is 363 Å². The van der Waals surface area contributed by atoms with Crippen molar-refractivity contribution in [3.63, 3.8) is 0 Å². The number of carbonyl (C=O) groups excluding carboxylic acids is 1. The van der Waals surface area contributed by atoms with Crippen LogP contribution >= 0.6 is 0 Å². The molecule has 0 aromatic rings. The van der Waals surface area contributed by atoms with Crippen LogP contribution < -0.4 is 5.32 Å². The zero-order chi connectivity index (χ0) is 43.0. The molecule has 1 aliphatic rings. The van der Waals surface area contributed by atoms with Gasteiger partial charge in [-0.05, 0) is 19.3 Å². The van der Waals surface area contributed by atoms with Crippen LogP contribution in [-0.2, 0) is 14.3 Å². The van der Waals surface area contributed by atoms with Crippen molar-refractivity contribution in [2.75, 3.05) is 13.2 Å². The molecular formula is C50H97NO8. The third-order valence-electron chi connectivity index (χ3n) is 12.4. The molecule has 0 aromatic carbocycles. The quantitative estimate of drug-likeness (QED) is 0.0263. The van der Waals surface area contributed by atoms with E-state index in [-0.39, 0.29) is 12.5 Å². The minimum absolute atomic E-state index is 0.172. The lowest BCUT2D eigenvalue weighted by Gasteiger charge is -2.40. The average molecular weight is 840 g/mol. The van der Waals surface area contributed by atoms with Crippen molar-refractivity contribution in [2.24, 2.45) is 0 Å². The first-order valence-corrected chi connectivity index (χ1v) is 25.4. The molecular weight excluding hydrogens is 743 g/mol. The molecule has 350 valence electrons. The second kappa shape index (κ2) is 41.0. The van der Waals surface area contributed by atoms with Crippen molar-refractivity contribution in [1.29, 1.82) is 0 Å². The Kier molecular flexibility index (Phi) is 38.9. The van der Waals surface area contributed by atoms with Crippen molar-refractivity contribution in [3.05, 3.63) is 12.2 Å². The molecule has 0 saturated carbocycles. The second-order valence-corrected chi connectivity index (χ2v) is 18.0. The third kappa shape index (κ3) is 31.4. The highest BCUT2D eigenvalue weighted by Crippen LogP contribution is 2.23. The van der Waals surface area contributed by atoms with Gasteiger partial charge >= 0.3 is 0 Å². The Hall–Kier alpha value is -1.07. The maximum atomic E-state index is 13.0. The number of allylic oxidation sites excluding steroid dienone is 1. The molecule has 0 spiro atoms. The van der Waals surface area contributed by atoms with Crippen molar-refractivity contribution < 1.29 is 39.8 Å². The van der Waals surface area contributed by atoms with Gasteiger partial charge < -0.3 is 40.3 Å². The van der Waals surface area contributed by atoms with E-state index in [0.717, 1.165) is 38.5 Å². The number of aliphatic hydroxyl groups excluding tert-OH is 5. The first-order valence-electron chi connectivity index (χ1n) is 25.4. The number of nitrogens with one attached hydrogen (secondary N) is 1. The largest absolute Gasteiger partial charge is 0.394 e. The lowest BCUT2D eigenvalue weighted by atomic mass is 9.99. The Morgan fingerprint density at radius 1 is 0.559 bits per heavy atom. The van der Waals surface area contributed by atoms with E-state index in [9.17, 15) is 30.3 Å². The summed E-state index contributed by atoms with van der Waals surface area (Å²) in [4.78, 5) is 13.0. The van der Waals surface area contributed by atoms with Gasteiger partial charge in [0.2, 0.25) is 5.91 Å². The molecule has 1 amide bonds. The predicted molar refractivity (Wildman–Crippen MR) is 244 cm³/mol. The van der Waals surface area contributed by atoms with Crippen molar-refractivity contribution in [1.82, 2.24) is 5.32 Å². The molecule has 0 aliphatic carbocycles. The molecule has 0 bridgehead atoms. The summed E-state index contributed by atoms with van der Waals surface area (Å²) < 4.78 is 11.2. The summed E-state index contributed by atoms with van der Waals surface area (Å²) in [5.74, 6) is -0.172. The van der Waals surface area contributed by atoms with E-state index in [1.807, 2.05) is 6.08 Å². The Morgan fingerprint density at radius 2 is 0.932 bits per heavy atom. The number of rotatable bonds is 43. The van der Waals surface area contributed by atoms with E-state index in [1.165, 1.54) is 186 Å². The van der Waals surface area contributed by atoms with Crippen LogP contribution in [-0.4, -0.2) is 87.5 Å². The number of carbonyl (C=O) groups is 1. The van der Waals surface area contributed by atoms with Gasteiger partial charge in [-0.3, -0.25) is 4.79 Å². The van der Waals surface area contributed by atoms with Crippen molar-refractivity contribution >= 4 is 5.91 Å². The summed E-state index contributed by atoms with van der Waals surface area (Å²) in [6.07, 6.45) is 41.2. The maximum Gasteiger partial charge on any atom is 0.220 e. The molecule has 59 heavy (non-hydrogen) atoms. The summed E-state index contributed by atoms with van der Waals surface area (Å²) >= 11 is 0. The molecule has 1 aliphatic heterocycles. The normalized spacial score (nSPS) is 20.7. The maximum absolute atomic E-state index is 13.0. The van der Waals surface area contributed by atoms with Crippen molar-refractivity contribution in [3.8, 4) is 0 Å². The van der Waals surface area contributed by atoms with Gasteiger partial charge in [0.1, 0.15) is 24.4 Å². The van der Waals surface area contributed by atoms with Crippen LogP contribution in [0, 0.1) is 0 Å².